The van der Waals surface area contributed by atoms with E-state index in [1.807, 2.05) is 0 Å². The Hall–Kier alpha value is -1.94. The van der Waals surface area contributed by atoms with Gasteiger partial charge >= 0.3 is 0 Å². The van der Waals surface area contributed by atoms with Crippen LogP contribution in [-0.4, -0.2) is 17.4 Å². The van der Waals surface area contributed by atoms with Crippen molar-refractivity contribution in [3.8, 4) is 11.8 Å². The van der Waals surface area contributed by atoms with Gasteiger partial charge in [0.05, 0.1) is 28.2 Å². The topological polar surface area (TPSA) is 68.0 Å². The zero-order valence-corrected chi connectivity index (χ0v) is 11.7. The number of halogens is 2. The molecule has 102 valence electrons. The van der Waals surface area contributed by atoms with Crippen LogP contribution in [0.2, 0.25) is 5.02 Å². The summed E-state index contributed by atoms with van der Waals surface area (Å²) in [6.45, 7) is 0.255. The van der Waals surface area contributed by atoms with Gasteiger partial charge in [0, 0.05) is 0 Å². The summed E-state index contributed by atoms with van der Waals surface area (Å²) in [7, 11) is 0. The first-order valence-electron chi connectivity index (χ1n) is 5.51. The highest BCUT2D eigenvalue weighted by atomic mass is 35.5. The average Bonchev–Trinajstić information content (AvgIpc) is 2.83. The number of nitrogens with two attached hydrogens (primary N) is 1. The summed E-state index contributed by atoms with van der Waals surface area (Å²) in [5.74, 6) is 4.55. The van der Waals surface area contributed by atoms with Crippen LogP contribution < -0.4 is 11.1 Å². The van der Waals surface area contributed by atoms with Crippen LogP contribution in [0.5, 0.6) is 0 Å². The van der Waals surface area contributed by atoms with Crippen molar-refractivity contribution in [2.24, 2.45) is 5.73 Å². The van der Waals surface area contributed by atoms with E-state index in [0.29, 0.717) is 10.0 Å². The second-order valence-electron chi connectivity index (χ2n) is 3.61. The molecular formula is C13H9ClFN3OS. The molecule has 0 saturated carbocycles. The molecule has 0 aliphatic rings. The number of hydrogen-bond acceptors (Lipinski definition) is 4. The highest BCUT2D eigenvalue weighted by Crippen LogP contribution is 2.21. The minimum atomic E-state index is -0.500. The third-order valence-corrected chi connectivity index (χ3v) is 3.36. The molecule has 0 atom stereocenters. The third kappa shape index (κ3) is 3.54. The Kier molecular flexibility index (Phi) is 4.69. The van der Waals surface area contributed by atoms with Crippen LogP contribution in [0.4, 0.5) is 9.52 Å². The van der Waals surface area contributed by atoms with Gasteiger partial charge in [-0.1, -0.05) is 34.8 Å². The summed E-state index contributed by atoms with van der Waals surface area (Å²) >= 11 is 7.03. The van der Waals surface area contributed by atoms with Crippen molar-refractivity contribution in [3.05, 3.63) is 45.7 Å². The van der Waals surface area contributed by atoms with E-state index in [1.165, 1.54) is 29.7 Å². The first-order chi connectivity index (χ1) is 9.60. The maximum Gasteiger partial charge on any atom is 0.258 e. The van der Waals surface area contributed by atoms with Gasteiger partial charge in [0.1, 0.15) is 5.82 Å². The monoisotopic (exact) mass is 309 g/mol. The van der Waals surface area contributed by atoms with E-state index in [1.54, 1.807) is 0 Å². The lowest BCUT2D eigenvalue weighted by Gasteiger charge is -2.03. The Morgan fingerprint density at radius 3 is 3.05 bits per heavy atom. The molecular weight excluding hydrogens is 301 g/mol. The summed E-state index contributed by atoms with van der Waals surface area (Å²) in [4.78, 5) is 16.7. The normalized spacial score (nSPS) is 9.75. The number of amides is 1. The number of benzene rings is 1. The van der Waals surface area contributed by atoms with E-state index >= 15 is 0 Å². The number of anilines is 1. The number of nitrogens with zero attached hydrogens (tertiary/aromatic N) is 1. The number of hydrogen-bond donors (Lipinski definition) is 2. The lowest BCUT2D eigenvalue weighted by molar-refractivity contribution is 0.102. The van der Waals surface area contributed by atoms with Crippen molar-refractivity contribution in [2.75, 3.05) is 11.9 Å². The lowest BCUT2D eigenvalue weighted by atomic mass is 10.2. The number of carbonyl (C=O) groups is 1. The van der Waals surface area contributed by atoms with E-state index in [2.05, 4.69) is 22.1 Å². The summed E-state index contributed by atoms with van der Waals surface area (Å²) in [5.41, 5.74) is 5.44. The van der Waals surface area contributed by atoms with Crippen molar-refractivity contribution in [2.45, 2.75) is 0 Å². The van der Waals surface area contributed by atoms with Gasteiger partial charge < -0.3 is 5.73 Å². The molecule has 0 saturated heterocycles. The number of nitrogens with one attached hydrogen (secondary N) is 1. The zero-order chi connectivity index (χ0) is 14.5. The zero-order valence-electron chi connectivity index (χ0n) is 10.1. The first kappa shape index (κ1) is 14.5. The van der Waals surface area contributed by atoms with Crippen LogP contribution in [0.15, 0.2) is 24.4 Å². The van der Waals surface area contributed by atoms with Gasteiger partial charge in [-0.05, 0) is 18.2 Å². The molecule has 20 heavy (non-hydrogen) atoms. The van der Waals surface area contributed by atoms with Gasteiger partial charge in [0.2, 0.25) is 0 Å². The maximum atomic E-state index is 12.9. The van der Waals surface area contributed by atoms with Crippen molar-refractivity contribution in [1.29, 1.82) is 0 Å². The minimum absolute atomic E-state index is 0.0437. The smallest absolute Gasteiger partial charge is 0.258 e. The molecule has 0 aliphatic heterocycles. The molecule has 0 aliphatic carbocycles. The summed E-state index contributed by atoms with van der Waals surface area (Å²) < 4.78 is 12.9. The van der Waals surface area contributed by atoms with E-state index < -0.39 is 11.7 Å². The van der Waals surface area contributed by atoms with Gasteiger partial charge in [-0.2, -0.15) is 0 Å². The molecule has 7 heteroatoms. The molecule has 2 rings (SSSR count). The predicted octanol–water partition coefficient (Wildman–Crippen LogP) is 2.50. The van der Waals surface area contributed by atoms with Gasteiger partial charge in [-0.25, -0.2) is 9.37 Å². The predicted molar refractivity (Wildman–Crippen MR) is 77.4 cm³/mol. The fraction of sp³-hybridized carbons (Fsp3) is 0.0769. The summed E-state index contributed by atoms with van der Waals surface area (Å²) in [5, 5.41) is 3.01. The SMILES string of the molecule is NCC#Cc1cnc(NC(=O)c2ccc(F)cc2Cl)s1. The molecule has 1 amide bonds. The fourth-order valence-corrected chi connectivity index (χ4v) is 2.31. The van der Waals surface area contributed by atoms with Gasteiger partial charge in [0.25, 0.3) is 5.91 Å². The molecule has 0 bridgehead atoms. The van der Waals surface area contributed by atoms with Gasteiger partial charge in [-0.15, -0.1) is 0 Å². The van der Waals surface area contributed by atoms with Gasteiger partial charge in [0.15, 0.2) is 5.13 Å². The van der Waals surface area contributed by atoms with Crippen molar-refractivity contribution >= 4 is 34.0 Å². The van der Waals surface area contributed by atoms with E-state index in [9.17, 15) is 9.18 Å². The average molecular weight is 310 g/mol. The van der Waals surface area contributed by atoms with Crippen molar-refractivity contribution in [1.82, 2.24) is 4.98 Å². The second kappa shape index (κ2) is 6.48. The van der Waals surface area contributed by atoms with Crippen molar-refractivity contribution in [3.63, 3.8) is 0 Å². The Labute approximate surface area is 123 Å². The molecule has 0 fully saturated rings. The van der Waals surface area contributed by atoms with E-state index in [0.717, 1.165) is 6.07 Å². The number of rotatable bonds is 2. The second-order valence-corrected chi connectivity index (χ2v) is 5.05. The van der Waals surface area contributed by atoms with Crippen LogP contribution in [0, 0.1) is 17.7 Å². The highest BCUT2D eigenvalue weighted by molar-refractivity contribution is 7.16. The Morgan fingerprint density at radius 1 is 1.55 bits per heavy atom. The Morgan fingerprint density at radius 2 is 2.35 bits per heavy atom. The number of thiazole rings is 1. The molecule has 1 heterocycles. The molecule has 4 nitrogen and oxygen atoms in total. The largest absolute Gasteiger partial charge is 0.320 e. The molecule has 0 spiro atoms. The van der Waals surface area contributed by atoms with Gasteiger partial charge in [-0.3, -0.25) is 10.1 Å². The molecule has 3 N–H and O–H groups in total. The Balaban J connectivity index is 2.13. The first-order valence-corrected chi connectivity index (χ1v) is 6.71. The molecule has 0 radical (unpaired) electrons. The van der Waals surface area contributed by atoms with Crippen LogP contribution in [-0.2, 0) is 0 Å². The number of carbonyl (C=O) groups excluding carboxylic acids is 1. The van der Waals surface area contributed by atoms with Crippen LogP contribution in [0.25, 0.3) is 0 Å². The van der Waals surface area contributed by atoms with E-state index in [4.69, 9.17) is 17.3 Å². The molecule has 1 aromatic heterocycles. The molecule has 0 unspecified atom stereocenters. The Bertz CT molecular complexity index is 705. The molecule has 2 aromatic rings. The van der Waals surface area contributed by atoms with Crippen LogP contribution >= 0.6 is 22.9 Å². The standard InChI is InChI=1S/C13H9ClFN3OS/c14-11-6-8(15)3-4-10(11)12(19)18-13-17-7-9(20-13)2-1-5-16/h3-4,6-7H,5,16H2,(H,17,18,19). The van der Waals surface area contributed by atoms with Crippen molar-refractivity contribution < 1.29 is 9.18 Å². The molecule has 1 aromatic carbocycles. The third-order valence-electron chi connectivity index (χ3n) is 2.22. The lowest BCUT2D eigenvalue weighted by Crippen LogP contribution is -2.12. The minimum Gasteiger partial charge on any atom is -0.320 e. The fourth-order valence-electron chi connectivity index (χ4n) is 1.37. The summed E-state index contributed by atoms with van der Waals surface area (Å²) in [6, 6.07) is 3.56. The summed E-state index contributed by atoms with van der Waals surface area (Å²) in [6.07, 6.45) is 1.54. The number of aromatic nitrogens is 1. The quantitative estimate of drug-likeness (QED) is 0.838. The van der Waals surface area contributed by atoms with Crippen LogP contribution in [0.3, 0.4) is 0 Å². The van der Waals surface area contributed by atoms with E-state index in [-0.39, 0.29) is 17.1 Å². The van der Waals surface area contributed by atoms with Crippen LogP contribution in [0.1, 0.15) is 15.2 Å². The highest BCUT2D eigenvalue weighted by Gasteiger charge is 2.12. The maximum absolute atomic E-state index is 12.9.